The Morgan fingerprint density at radius 2 is 0.731 bits per heavy atom. The van der Waals surface area contributed by atoms with E-state index in [9.17, 15) is 79.8 Å². The summed E-state index contributed by atoms with van der Waals surface area (Å²) in [5, 5.41) is 99.0. The number of nitrogens with zero attached hydrogens (tertiary/aromatic N) is 6. The summed E-state index contributed by atoms with van der Waals surface area (Å²) >= 11 is 0. The van der Waals surface area contributed by atoms with Crippen LogP contribution in [-0.2, 0) is 59.6 Å². The smallest absolute Gasteiger partial charge is 0.415 e. The van der Waals surface area contributed by atoms with E-state index in [0.717, 1.165) is 30.1 Å². The molecule has 0 spiro atoms. The average molecular weight is 1120 g/mol. The third-order valence-electron chi connectivity index (χ3n) is 12.5. The minimum atomic E-state index is -1.84. The number of benzene rings is 2. The SMILES string of the molecule is Cc1cc(CO)c(O)c(COC(=O)N(C)CCN(C)C(=O)Oc2c(COC(=O)N(C)CCN(C)C(=O)OCC3OC(O)C(O)[C@@H](O)[C@@H]3O)cc(C)cc2COC(=O)N(C)CCN(C)C(=O)OCC2OC(O)C(O)[C@@H](O)[C@@H]2O)c1. The molecule has 30 nitrogen and oxygen atoms in total. The quantitative estimate of drug-likeness (QED) is 0.0609. The molecule has 2 aliphatic rings. The fraction of sp³-hybridized carbons (Fsp3) is 0.625. The van der Waals surface area contributed by atoms with E-state index >= 15 is 0 Å². The molecule has 2 saturated heterocycles. The molecular formula is C48H72N6O24. The van der Waals surface area contributed by atoms with Crippen LogP contribution in [0.5, 0.6) is 11.5 Å². The number of likely N-dealkylation sites (N-methyl/N-ethyl adjacent to an activating group) is 6. The topological polar surface area (TPSA) is 398 Å². The number of aliphatic hydroxyl groups is 9. The molecule has 2 aliphatic heterocycles. The molecule has 6 unspecified atom stereocenters. The van der Waals surface area contributed by atoms with Crippen LogP contribution in [0.4, 0.5) is 28.8 Å². The molecule has 0 aromatic heterocycles. The molecule has 6 amide bonds. The number of phenols is 1. The van der Waals surface area contributed by atoms with Gasteiger partial charge in [0, 0.05) is 104 Å². The van der Waals surface area contributed by atoms with Gasteiger partial charge in [0.15, 0.2) is 12.6 Å². The number of carbonyl (C=O) groups is 6. The number of rotatable bonds is 21. The van der Waals surface area contributed by atoms with Gasteiger partial charge in [-0.3, -0.25) is 0 Å². The first-order chi connectivity index (χ1) is 36.6. The van der Waals surface area contributed by atoms with Gasteiger partial charge in [-0.15, -0.1) is 0 Å². The Morgan fingerprint density at radius 1 is 0.436 bits per heavy atom. The van der Waals surface area contributed by atoms with Gasteiger partial charge in [-0.05, 0) is 32.0 Å². The van der Waals surface area contributed by atoms with Crippen LogP contribution in [-0.4, -0.2) is 273 Å². The molecule has 10 atom stereocenters. The van der Waals surface area contributed by atoms with Crippen molar-refractivity contribution < 1.29 is 118 Å². The average Bonchev–Trinajstić information content (AvgIpc) is 3.41. The van der Waals surface area contributed by atoms with Crippen molar-refractivity contribution in [2.24, 2.45) is 0 Å². The van der Waals surface area contributed by atoms with Crippen LogP contribution < -0.4 is 4.74 Å². The Hall–Kier alpha value is -6.58. The molecule has 78 heavy (non-hydrogen) atoms. The van der Waals surface area contributed by atoms with Crippen LogP contribution in [0, 0.1) is 13.8 Å². The standard InChI is InChI=1S/C48H72N6O24/c1-25-15-27(19-55)33(56)28(16-25)20-71-43(65)51(5)13-14-54(8)48(70)78-40-29(21-72-44(66)49(3)9-11-52(6)46(68)74-23-31-34(57)36(59)38(61)41(63)76-31)17-26(2)18-30(40)22-73-45(67)50(4)10-12-53(7)47(69)75-24-32-35(58)37(60)39(62)42(64)77-32/h15-18,31-32,34-39,41-42,55-64H,9-14,19-24H2,1-8H3/t31?,32?,34-,35-,36+,37+,38?,39?,41?,42?/m1/s1. The normalized spacial score (nSPS) is 22.8. The lowest BCUT2D eigenvalue weighted by Gasteiger charge is -2.38. The number of amides is 6. The van der Waals surface area contributed by atoms with Gasteiger partial charge >= 0.3 is 36.6 Å². The number of aryl methyl sites for hydroxylation is 2. The molecule has 0 saturated carbocycles. The van der Waals surface area contributed by atoms with E-state index in [1.807, 2.05) is 0 Å². The zero-order valence-corrected chi connectivity index (χ0v) is 44.4. The number of hydrogen-bond acceptors (Lipinski definition) is 24. The molecule has 0 bridgehead atoms. The molecule has 30 heteroatoms. The summed E-state index contributed by atoms with van der Waals surface area (Å²) in [6, 6.07) is 6.28. The first kappa shape index (κ1) is 63.9. The van der Waals surface area contributed by atoms with Gasteiger partial charge in [0.25, 0.3) is 0 Å². The van der Waals surface area contributed by atoms with Crippen molar-refractivity contribution in [1.29, 1.82) is 0 Å². The van der Waals surface area contributed by atoms with Gasteiger partial charge in [-0.2, -0.15) is 0 Å². The third-order valence-corrected chi connectivity index (χ3v) is 12.5. The van der Waals surface area contributed by atoms with Crippen molar-refractivity contribution in [3.8, 4) is 11.5 Å². The lowest BCUT2D eigenvalue weighted by molar-refractivity contribution is -0.286. The fourth-order valence-corrected chi connectivity index (χ4v) is 7.47. The lowest BCUT2D eigenvalue weighted by Crippen LogP contribution is -2.58. The van der Waals surface area contributed by atoms with Gasteiger partial charge in [0.2, 0.25) is 0 Å². The molecule has 2 heterocycles. The van der Waals surface area contributed by atoms with Crippen molar-refractivity contribution in [3.05, 3.63) is 57.6 Å². The van der Waals surface area contributed by atoms with Crippen LogP contribution in [0.2, 0.25) is 0 Å². The first-order valence-corrected chi connectivity index (χ1v) is 24.3. The predicted octanol–water partition coefficient (Wildman–Crippen LogP) is -1.93. The minimum absolute atomic E-state index is 0.0673. The number of ether oxygens (including phenoxy) is 8. The number of aliphatic hydroxyl groups excluding tert-OH is 9. The van der Waals surface area contributed by atoms with E-state index in [1.54, 1.807) is 38.1 Å². The second-order valence-corrected chi connectivity index (χ2v) is 18.8. The second kappa shape index (κ2) is 29.4. The zero-order chi connectivity index (χ0) is 58.3. The molecular weight excluding hydrogens is 1040 g/mol. The summed E-state index contributed by atoms with van der Waals surface area (Å²) in [4.78, 5) is 85.2. The summed E-state index contributed by atoms with van der Waals surface area (Å²) in [7, 11) is 8.20. The van der Waals surface area contributed by atoms with Crippen LogP contribution in [0.15, 0.2) is 24.3 Å². The zero-order valence-electron chi connectivity index (χ0n) is 44.4. The summed E-state index contributed by atoms with van der Waals surface area (Å²) < 4.78 is 42.6. The molecule has 0 aliphatic carbocycles. The second-order valence-electron chi connectivity index (χ2n) is 18.8. The highest BCUT2D eigenvalue weighted by atomic mass is 16.7. The molecule has 0 radical (unpaired) electrons. The van der Waals surface area contributed by atoms with Crippen molar-refractivity contribution >= 4 is 36.6 Å². The summed E-state index contributed by atoms with van der Waals surface area (Å²) in [5.74, 6) is -0.379. The molecule has 10 N–H and O–H groups in total. The van der Waals surface area contributed by atoms with E-state index in [-0.39, 0.29) is 79.6 Å². The minimum Gasteiger partial charge on any atom is -0.507 e. The van der Waals surface area contributed by atoms with E-state index in [0.29, 0.717) is 5.56 Å². The molecule has 438 valence electrons. The Bertz CT molecular complexity index is 2260. The molecule has 2 aromatic carbocycles. The maximum Gasteiger partial charge on any atom is 0.415 e. The van der Waals surface area contributed by atoms with Gasteiger partial charge in [-0.1, -0.05) is 17.2 Å². The summed E-state index contributed by atoms with van der Waals surface area (Å²) in [6.07, 6.45) is -22.2. The van der Waals surface area contributed by atoms with Crippen LogP contribution >= 0.6 is 0 Å². The highest BCUT2D eigenvalue weighted by Crippen LogP contribution is 2.30. The third kappa shape index (κ3) is 17.7. The number of carbonyl (C=O) groups excluding carboxylic acids is 6. The highest BCUT2D eigenvalue weighted by molar-refractivity contribution is 5.73. The Labute approximate surface area is 448 Å². The maximum absolute atomic E-state index is 13.7. The Kier molecular flexibility index (Phi) is 24.1. The van der Waals surface area contributed by atoms with Crippen molar-refractivity contribution in [1.82, 2.24) is 29.4 Å². The monoisotopic (exact) mass is 1120 g/mol. The maximum atomic E-state index is 13.7. The van der Waals surface area contributed by atoms with Gasteiger partial charge in [-0.25, -0.2) is 28.8 Å². The lowest BCUT2D eigenvalue weighted by atomic mass is 9.99. The summed E-state index contributed by atoms with van der Waals surface area (Å²) in [6.45, 7) is -0.136. The van der Waals surface area contributed by atoms with Crippen LogP contribution in [0.1, 0.15) is 33.4 Å². The van der Waals surface area contributed by atoms with E-state index in [1.165, 1.54) is 47.2 Å². The first-order valence-electron chi connectivity index (χ1n) is 24.3. The molecule has 2 fully saturated rings. The number of hydrogen-bond donors (Lipinski definition) is 10. The van der Waals surface area contributed by atoms with E-state index < -0.39 is 131 Å². The van der Waals surface area contributed by atoms with Crippen molar-refractivity contribution in [2.45, 2.75) is 102 Å². The predicted molar refractivity (Wildman–Crippen MR) is 263 cm³/mol. The molecule has 4 rings (SSSR count). The Balaban J connectivity index is 1.40. The van der Waals surface area contributed by atoms with Gasteiger partial charge in [0.1, 0.15) is 93.4 Å². The van der Waals surface area contributed by atoms with Gasteiger partial charge < -0.3 is 118 Å². The van der Waals surface area contributed by atoms with Gasteiger partial charge in [0.05, 0.1) is 6.61 Å². The van der Waals surface area contributed by atoms with Crippen LogP contribution in [0.25, 0.3) is 0 Å². The summed E-state index contributed by atoms with van der Waals surface area (Å²) in [5.41, 5.74) is 2.08. The van der Waals surface area contributed by atoms with Crippen molar-refractivity contribution in [2.75, 3.05) is 94.8 Å². The van der Waals surface area contributed by atoms with Crippen molar-refractivity contribution in [3.63, 3.8) is 0 Å². The fourth-order valence-electron chi connectivity index (χ4n) is 7.47. The largest absolute Gasteiger partial charge is 0.507 e. The van der Waals surface area contributed by atoms with E-state index in [4.69, 9.17) is 37.9 Å². The number of aromatic hydroxyl groups is 1. The van der Waals surface area contributed by atoms with Crippen LogP contribution in [0.3, 0.4) is 0 Å². The highest BCUT2D eigenvalue weighted by Gasteiger charge is 2.45. The van der Waals surface area contributed by atoms with E-state index in [2.05, 4.69) is 0 Å². The molecule has 2 aromatic rings. The Morgan fingerprint density at radius 3 is 1.08 bits per heavy atom.